The predicted molar refractivity (Wildman–Crippen MR) is 130 cm³/mol. The van der Waals surface area contributed by atoms with Crippen LogP contribution in [-0.2, 0) is 9.59 Å². The van der Waals surface area contributed by atoms with Crippen LogP contribution in [0.15, 0.2) is 54.7 Å². The number of rotatable bonds is 7. The topological polar surface area (TPSA) is 147 Å². The Balaban J connectivity index is 1.53. The molecule has 2 aromatic carbocycles. The van der Waals surface area contributed by atoms with Gasteiger partial charge in [0, 0.05) is 23.5 Å². The average molecular weight is 486 g/mol. The Morgan fingerprint density at radius 2 is 2.00 bits per heavy atom. The molecule has 1 atom stereocenters. The van der Waals surface area contributed by atoms with Crippen molar-refractivity contribution < 1.29 is 19.1 Å². The summed E-state index contributed by atoms with van der Waals surface area (Å²) in [4.78, 5) is 28.5. The number of aromatic nitrogens is 5. The molecule has 1 aliphatic heterocycles. The third kappa shape index (κ3) is 4.45. The van der Waals surface area contributed by atoms with E-state index in [9.17, 15) is 9.59 Å². The molecule has 4 aromatic rings. The first-order valence-electron chi connectivity index (χ1n) is 11.2. The highest BCUT2D eigenvalue weighted by Gasteiger charge is 2.33. The minimum absolute atomic E-state index is 0.170. The van der Waals surface area contributed by atoms with Gasteiger partial charge in [0.1, 0.15) is 17.3 Å². The molecule has 2 aromatic heterocycles. The van der Waals surface area contributed by atoms with E-state index in [-0.39, 0.29) is 30.8 Å². The van der Waals surface area contributed by atoms with Gasteiger partial charge < -0.3 is 20.5 Å². The number of nitrogens with one attached hydrogen (secondary N) is 1. The minimum atomic E-state index is -0.567. The number of hydrogen-bond acceptors (Lipinski definition) is 8. The van der Waals surface area contributed by atoms with Crippen LogP contribution in [0.4, 0.5) is 5.82 Å². The number of methoxy groups -OCH3 is 1. The Morgan fingerprint density at radius 3 is 2.75 bits per heavy atom. The second-order valence-corrected chi connectivity index (χ2v) is 8.26. The summed E-state index contributed by atoms with van der Waals surface area (Å²) in [5.74, 6) is 0.924. The van der Waals surface area contributed by atoms with Crippen LogP contribution in [0.2, 0.25) is 0 Å². The molecule has 0 saturated carbocycles. The summed E-state index contributed by atoms with van der Waals surface area (Å²) in [7, 11) is 1.61. The lowest BCUT2D eigenvalue weighted by atomic mass is 9.86. The maximum Gasteiger partial charge on any atom is 0.272 e. The second kappa shape index (κ2) is 9.45. The molecule has 5 rings (SSSR count). The number of hydrogen-bond donors (Lipinski definition) is 2. The Labute approximate surface area is 206 Å². The van der Waals surface area contributed by atoms with Crippen molar-refractivity contribution >= 4 is 17.6 Å². The van der Waals surface area contributed by atoms with Gasteiger partial charge in [0.2, 0.25) is 5.91 Å². The Morgan fingerprint density at radius 1 is 1.19 bits per heavy atom. The standard InChI is InChI=1S/C25H23N7O4/c1-14-23-19(16-4-3-5-18(10-16)36-13-21(26)33)11-22(34)29-24(23)32(31-14)25-28-20(12-27-30-25)15-6-8-17(35-2)9-7-15/h3-10,12,19H,11,13H2,1-2H3,(H2,26,33)(H,29,34)/t19-/m1/s1. The quantitative estimate of drug-likeness (QED) is 0.405. The molecule has 0 fully saturated rings. The molecule has 0 radical (unpaired) electrons. The number of nitrogens with zero attached hydrogens (tertiary/aromatic N) is 5. The number of carbonyl (C=O) groups excluding carboxylic acids is 2. The molecule has 2 amide bonds. The lowest BCUT2D eigenvalue weighted by Gasteiger charge is -2.24. The predicted octanol–water partition coefficient (Wildman–Crippen LogP) is 2.38. The molecular formula is C25H23N7O4. The number of benzene rings is 2. The summed E-state index contributed by atoms with van der Waals surface area (Å²) >= 11 is 0. The second-order valence-electron chi connectivity index (χ2n) is 8.26. The number of primary amides is 1. The molecule has 0 spiro atoms. The largest absolute Gasteiger partial charge is 0.497 e. The van der Waals surface area contributed by atoms with Crippen molar-refractivity contribution in [1.29, 1.82) is 0 Å². The molecular weight excluding hydrogens is 462 g/mol. The highest BCUT2D eigenvalue weighted by Crippen LogP contribution is 2.40. The summed E-state index contributed by atoms with van der Waals surface area (Å²) in [6.07, 6.45) is 1.79. The average Bonchev–Trinajstić information content (AvgIpc) is 3.23. The van der Waals surface area contributed by atoms with Gasteiger partial charge in [-0.25, -0.2) is 4.98 Å². The van der Waals surface area contributed by atoms with Gasteiger partial charge in [-0.2, -0.15) is 14.9 Å². The van der Waals surface area contributed by atoms with E-state index in [0.717, 1.165) is 28.1 Å². The van der Waals surface area contributed by atoms with Gasteiger partial charge in [0.05, 0.1) is 24.7 Å². The summed E-state index contributed by atoms with van der Waals surface area (Å²) < 4.78 is 12.2. The normalized spacial score (nSPS) is 14.6. The zero-order valence-corrected chi connectivity index (χ0v) is 19.6. The van der Waals surface area contributed by atoms with Crippen molar-refractivity contribution in [3.8, 4) is 28.7 Å². The Bertz CT molecular complexity index is 1450. The first-order valence-corrected chi connectivity index (χ1v) is 11.2. The maximum absolute atomic E-state index is 12.7. The summed E-state index contributed by atoms with van der Waals surface area (Å²) in [5, 5.41) is 15.8. The fraction of sp³-hybridized carbons (Fsp3) is 0.200. The third-order valence-electron chi connectivity index (χ3n) is 5.87. The number of amides is 2. The van der Waals surface area contributed by atoms with Crippen LogP contribution in [-0.4, -0.2) is 50.5 Å². The van der Waals surface area contributed by atoms with Crippen LogP contribution < -0.4 is 20.5 Å². The Kier molecular flexibility index (Phi) is 6.03. The number of aryl methyl sites for hydroxylation is 1. The van der Waals surface area contributed by atoms with E-state index in [2.05, 4.69) is 25.6 Å². The van der Waals surface area contributed by atoms with E-state index < -0.39 is 5.91 Å². The number of fused-ring (bicyclic) bond motifs is 1. The van der Waals surface area contributed by atoms with Gasteiger partial charge in [-0.1, -0.05) is 12.1 Å². The van der Waals surface area contributed by atoms with Gasteiger partial charge in [-0.05, 0) is 48.9 Å². The van der Waals surface area contributed by atoms with E-state index >= 15 is 0 Å². The minimum Gasteiger partial charge on any atom is -0.497 e. The van der Waals surface area contributed by atoms with Crippen LogP contribution in [0.5, 0.6) is 11.5 Å². The van der Waals surface area contributed by atoms with Crippen molar-refractivity contribution in [2.24, 2.45) is 5.73 Å². The molecule has 0 bridgehead atoms. The monoisotopic (exact) mass is 485 g/mol. The molecule has 0 aliphatic carbocycles. The number of anilines is 1. The maximum atomic E-state index is 12.7. The van der Waals surface area contributed by atoms with Crippen LogP contribution in [0.25, 0.3) is 17.2 Å². The lowest BCUT2D eigenvalue weighted by molar-refractivity contribution is -0.120. The zero-order valence-electron chi connectivity index (χ0n) is 19.6. The van der Waals surface area contributed by atoms with E-state index in [1.807, 2.05) is 43.3 Å². The van der Waals surface area contributed by atoms with Crippen LogP contribution in [0, 0.1) is 6.92 Å². The van der Waals surface area contributed by atoms with Gasteiger partial charge in [0.25, 0.3) is 11.9 Å². The number of ether oxygens (including phenoxy) is 2. The van der Waals surface area contributed by atoms with Gasteiger partial charge in [-0.15, -0.1) is 5.10 Å². The smallest absolute Gasteiger partial charge is 0.272 e. The van der Waals surface area contributed by atoms with E-state index in [1.54, 1.807) is 25.4 Å². The van der Waals surface area contributed by atoms with Gasteiger partial charge >= 0.3 is 0 Å². The molecule has 182 valence electrons. The highest BCUT2D eigenvalue weighted by atomic mass is 16.5. The number of carbonyl (C=O) groups is 2. The summed E-state index contributed by atoms with van der Waals surface area (Å²) in [6.45, 7) is 1.64. The van der Waals surface area contributed by atoms with E-state index in [0.29, 0.717) is 17.3 Å². The molecule has 1 aliphatic rings. The SMILES string of the molecule is COc1ccc(-c2cnnc(-n3nc(C)c4c3NC(=O)C[C@@H]4c3cccc(OCC(N)=O)c3)n2)cc1. The summed E-state index contributed by atoms with van der Waals surface area (Å²) in [6, 6.07) is 14.7. The molecule has 0 unspecified atom stereocenters. The van der Waals surface area contributed by atoms with Crippen LogP contribution >= 0.6 is 0 Å². The Hall–Kier alpha value is -4.80. The van der Waals surface area contributed by atoms with Crippen molar-refractivity contribution in [2.75, 3.05) is 19.0 Å². The molecule has 3 N–H and O–H groups in total. The van der Waals surface area contributed by atoms with Crippen molar-refractivity contribution in [1.82, 2.24) is 25.0 Å². The van der Waals surface area contributed by atoms with Crippen molar-refractivity contribution in [3.63, 3.8) is 0 Å². The van der Waals surface area contributed by atoms with Crippen molar-refractivity contribution in [2.45, 2.75) is 19.3 Å². The van der Waals surface area contributed by atoms with Gasteiger partial charge in [0.15, 0.2) is 6.61 Å². The molecule has 36 heavy (non-hydrogen) atoms. The molecule has 0 saturated heterocycles. The van der Waals surface area contributed by atoms with Crippen molar-refractivity contribution in [3.05, 3.63) is 71.5 Å². The number of nitrogens with two attached hydrogens (primary N) is 1. The highest BCUT2D eigenvalue weighted by molar-refractivity contribution is 5.95. The first-order chi connectivity index (χ1) is 17.4. The van der Waals surface area contributed by atoms with Crippen LogP contribution in [0.3, 0.4) is 0 Å². The fourth-order valence-corrected chi connectivity index (χ4v) is 4.24. The van der Waals surface area contributed by atoms with Crippen LogP contribution in [0.1, 0.15) is 29.2 Å². The van der Waals surface area contributed by atoms with Gasteiger partial charge in [-0.3, -0.25) is 9.59 Å². The lowest BCUT2D eigenvalue weighted by Crippen LogP contribution is -2.25. The third-order valence-corrected chi connectivity index (χ3v) is 5.87. The first kappa shape index (κ1) is 23.0. The zero-order chi connectivity index (χ0) is 25.2. The summed E-state index contributed by atoms with van der Waals surface area (Å²) in [5.41, 5.74) is 9.04. The molecule has 3 heterocycles. The van der Waals surface area contributed by atoms with E-state index in [1.165, 1.54) is 4.68 Å². The van der Waals surface area contributed by atoms with E-state index in [4.69, 9.17) is 15.2 Å². The molecule has 11 heteroatoms. The fourth-order valence-electron chi connectivity index (χ4n) is 4.24. The molecule has 11 nitrogen and oxygen atoms in total.